The molecule has 1 atom stereocenters. The first-order valence-corrected chi connectivity index (χ1v) is 11.5. The van der Waals surface area contributed by atoms with Crippen LogP contribution in [-0.2, 0) is 4.79 Å². The van der Waals surface area contributed by atoms with E-state index in [2.05, 4.69) is 39.0 Å². The number of anilines is 1. The van der Waals surface area contributed by atoms with E-state index in [0.29, 0.717) is 23.7 Å². The molecule has 1 amide bonds. The Morgan fingerprint density at radius 3 is 2.97 bits per heavy atom. The van der Waals surface area contributed by atoms with Gasteiger partial charge in [0, 0.05) is 37.9 Å². The van der Waals surface area contributed by atoms with Crippen LogP contribution in [0.15, 0.2) is 10.9 Å². The smallest absolute Gasteiger partial charge is 0.275 e. The van der Waals surface area contributed by atoms with E-state index in [0.717, 1.165) is 44.2 Å². The van der Waals surface area contributed by atoms with Crippen molar-refractivity contribution < 1.29 is 4.79 Å². The number of carbonyl (C=O) groups is 1. The van der Waals surface area contributed by atoms with Crippen LogP contribution >= 0.6 is 11.3 Å². The Labute approximate surface area is 175 Å². The molecule has 9 heteroatoms. The number of carbonyl (C=O) groups excluding carboxylic acids is 1. The Bertz CT molecular complexity index is 879. The molecular formula is C20H32N6O2S. The zero-order chi connectivity index (χ0) is 20.8. The maximum absolute atomic E-state index is 12.7. The molecule has 1 saturated heterocycles. The largest absolute Gasteiger partial charge is 0.355 e. The first-order valence-electron chi connectivity index (χ1n) is 10.6. The van der Waals surface area contributed by atoms with Gasteiger partial charge in [0.05, 0.1) is 5.92 Å². The summed E-state index contributed by atoms with van der Waals surface area (Å²) < 4.78 is 1.35. The number of likely N-dealkylation sites (N-methyl/N-ethyl adjacent to an activating group) is 1. The number of amides is 1. The lowest BCUT2D eigenvalue weighted by molar-refractivity contribution is -0.125. The van der Waals surface area contributed by atoms with Crippen LogP contribution in [0.4, 0.5) is 5.13 Å². The van der Waals surface area contributed by atoms with E-state index in [1.807, 2.05) is 6.92 Å². The molecule has 29 heavy (non-hydrogen) atoms. The summed E-state index contributed by atoms with van der Waals surface area (Å²) in [5, 5.41) is 8.32. The predicted molar refractivity (Wildman–Crippen MR) is 117 cm³/mol. The van der Waals surface area contributed by atoms with Gasteiger partial charge in [-0.1, -0.05) is 31.6 Å². The number of fused-ring (bicyclic) bond motifs is 1. The van der Waals surface area contributed by atoms with E-state index in [4.69, 9.17) is 0 Å². The molecule has 0 aliphatic carbocycles. The van der Waals surface area contributed by atoms with Gasteiger partial charge in [0.2, 0.25) is 16.0 Å². The Hall–Kier alpha value is -2.00. The molecular weight excluding hydrogens is 388 g/mol. The molecule has 1 fully saturated rings. The third-order valence-corrected chi connectivity index (χ3v) is 6.40. The fourth-order valence-corrected chi connectivity index (χ4v) is 4.68. The zero-order valence-corrected chi connectivity index (χ0v) is 18.5. The summed E-state index contributed by atoms with van der Waals surface area (Å²) >= 11 is 1.41. The average Bonchev–Trinajstić information content (AvgIpc) is 3.15. The summed E-state index contributed by atoms with van der Waals surface area (Å²) in [4.78, 5) is 34.3. The van der Waals surface area contributed by atoms with Crippen molar-refractivity contribution in [1.29, 1.82) is 0 Å². The van der Waals surface area contributed by atoms with Crippen molar-refractivity contribution in [3.63, 3.8) is 0 Å². The number of hydrogen-bond donors (Lipinski definition) is 1. The molecule has 0 bridgehead atoms. The molecule has 3 heterocycles. The zero-order valence-electron chi connectivity index (χ0n) is 17.7. The van der Waals surface area contributed by atoms with E-state index < -0.39 is 0 Å². The molecule has 0 unspecified atom stereocenters. The van der Waals surface area contributed by atoms with Gasteiger partial charge in [0.25, 0.3) is 5.56 Å². The van der Waals surface area contributed by atoms with Crippen LogP contribution < -0.4 is 15.8 Å². The summed E-state index contributed by atoms with van der Waals surface area (Å²) in [6.07, 6.45) is 4.21. The number of hydrogen-bond acceptors (Lipinski definition) is 7. The Balaban J connectivity index is 1.57. The lowest BCUT2D eigenvalue weighted by atomic mass is 9.97. The molecule has 1 N–H and O–H groups in total. The van der Waals surface area contributed by atoms with E-state index >= 15 is 0 Å². The minimum Gasteiger partial charge on any atom is -0.355 e. The third kappa shape index (κ3) is 5.54. The van der Waals surface area contributed by atoms with Crippen molar-refractivity contribution in [2.24, 2.45) is 5.92 Å². The molecule has 2 aromatic rings. The van der Waals surface area contributed by atoms with Crippen LogP contribution in [0.25, 0.3) is 4.96 Å². The first kappa shape index (κ1) is 21.7. The van der Waals surface area contributed by atoms with Crippen LogP contribution in [-0.4, -0.2) is 64.7 Å². The first-order chi connectivity index (χ1) is 14.0. The van der Waals surface area contributed by atoms with Crippen molar-refractivity contribution in [3.8, 4) is 0 Å². The fourth-order valence-electron chi connectivity index (χ4n) is 3.69. The lowest BCUT2D eigenvalue weighted by Gasteiger charge is -2.31. The summed E-state index contributed by atoms with van der Waals surface area (Å²) in [5.74, 6) is 0.0707. The number of aryl methyl sites for hydroxylation is 1. The quantitative estimate of drug-likeness (QED) is 0.667. The van der Waals surface area contributed by atoms with Gasteiger partial charge in [-0.3, -0.25) is 9.59 Å². The number of piperidine rings is 1. The van der Waals surface area contributed by atoms with Gasteiger partial charge in [0.1, 0.15) is 0 Å². The topological polar surface area (TPSA) is 82.8 Å². The van der Waals surface area contributed by atoms with Gasteiger partial charge < -0.3 is 15.1 Å². The maximum atomic E-state index is 12.7. The van der Waals surface area contributed by atoms with E-state index in [9.17, 15) is 9.59 Å². The van der Waals surface area contributed by atoms with Gasteiger partial charge >= 0.3 is 0 Å². The SMILES string of the molecule is CCCCN(CC)CCNC(=O)[C@H]1CCCN(c2nn3c(=O)cc(C)nc3s2)C1. The van der Waals surface area contributed by atoms with Gasteiger partial charge in [-0.25, -0.2) is 4.98 Å². The average molecular weight is 421 g/mol. The number of nitrogens with zero attached hydrogens (tertiary/aromatic N) is 5. The highest BCUT2D eigenvalue weighted by Crippen LogP contribution is 2.26. The fraction of sp³-hybridized carbons (Fsp3) is 0.700. The number of aromatic nitrogens is 3. The normalized spacial score (nSPS) is 17.2. The van der Waals surface area contributed by atoms with E-state index in [1.165, 1.54) is 34.8 Å². The molecule has 1 aliphatic heterocycles. The molecule has 0 spiro atoms. The van der Waals surface area contributed by atoms with Crippen LogP contribution in [0, 0.1) is 12.8 Å². The van der Waals surface area contributed by atoms with Crippen molar-refractivity contribution in [2.75, 3.05) is 44.2 Å². The van der Waals surface area contributed by atoms with Gasteiger partial charge in [-0.2, -0.15) is 4.52 Å². The summed E-state index contributed by atoms with van der Waals surface area (Å²) in [6, 6.07) is 1.49. The number of nitrogens with one attached hydrogen (secondary N) is 1. The molecule has 3 rings (SSSR count). The van der Waals surface area contributed by atoms with E-state index in [1.54, 1.807) is 0 Å². The van der Waals surface area contributed by atoms with Crippen LogP contribution in [0.2, 0.25) is 0 Å². The Kier molecular flexibility index (Phi) is 7.60. The van der Waals surface area contributed by atoms with Crippen molar-refractivity contribution in [1.82, 2.24) is 24.8 Å². The minimum atomic E-state index is -0.162. The molecule has 1 aliphatic rings. The second-order valence-electron chi connectivity index (χ2n) is 7.68. The number of unbranched alkanes of at least 4 members (excludes halogenated alkanes) is 1. The predicted octanol–water partition coefficient (Wildman–Crippen LogP) is 1.91. The highest BCUT2D eigenvalue weighted by molar-refractivity contribution is 7.20. The lowest BCUT2D eigenvalue weighted by Crippen LogP contribution is -2.45. The van der Waals surface area contributed by atoms with Gasteiger partial charge in [-0.15, -0.1) is 5.10 Å². The number of rotatable bonds is 9. The highest BCUT2D eigenvalue weighted by atomic mass is 32.1. The monoisotopic (exact) mass is 420 g/mol. The van der Waals surface area contributed by atoms with Gasteiger partial charge in [0.15, 0.2) is 0 Å². The van der Waals surface area contributed by atoms with Gasteiger partial charge in [-0.05, 0) is 39.3 Å². The van der Waals surface area contributed by atoms with Crippen molar-refractivity contribution in [2.45, 2.75) is 46.5 Å². The summed E-state index contributed by atoms with van der Waals surface area (Å²) in [7, 11) is 0. The summed E-state index contributed by atoms with van der Waals surface area (Å²) in [6.45, 7) is 11.3. The minimum absolute atomic E-state index is 0.0482. The second-order valence-corrected chi connectivity index (χ2v) is 8.61. The summed E-state index contributed by atoms with van der Waals surface area (Å²) in [5.41, 5.74) is 0.533. The molecule has 2 aromatic heterocycles. The van der Waals surface area contributed by atoms with Crippen LogP contribution in [0.5, 0.6) is 0 Å². The van der Waals surface area contributed by atoms with Crippen LogP contribution in [0.1, 0.15) is 45.2 Å². The van der Waals surface area contributed by atoms with Crippen LogP contribution in [0.3, 0.4) is 0 Å². The van der Waals surface area contributed by atoms with E-state index in [-0.39, 0.29) is 17.4 Å². The Morgan fingerprint density at radius 2 is 2.21 bits per heavy atom. The molecule has 0 aromatic carbocycles. The van der Waals surface area contributed by atoms with Crippen molar-refractivity contribution >= 4 is 27.3 Å². The maximum Gasteiger partial charge on any atom is 0.275 e. The standard InChI is InChI=1S/C20H32N6O2S/c1-4-6-10-24(5-2)12-9-21-18(28)16-8-7-11-25(14-16)20-23-26-17(27)13-15(3)22-19(26)29-20/h13,16H,4-12,14H2,1-3H3,(H,21,28)/t16-/m0/s1. The molecule has 8 nitrogen and oxygen atoms in total. The third-order valence-electron chi connectivity index (χ3n) is 5.43. The Morgan fingerprint density at radius 1 is 1.38 bits per heavy atom. The molecule has 160 valence electrons. The van der Waals surface area contributed by atoms with Crippen molar-refractivity contribution in [3.05, 3.63) is 22.1 Å². The highest BCUT2D eigenvalue weighted by Gasteiger charge is 2.27. The second kappa shape index (κ2) is 10.2. The molecule has 0 saturated carbocycles. The molecule has 0 radical (unpaired) electrons.